The molecular weight excluding hydrogens is 436 g/mol. The van der Waals surface area contributed by atoms with Gasteiger partial charge in [-0.05, 0) is 73.9 Å². The van der Waals surface area contributed by atoms with E-state index < -0.39 is 0 Å². The van der Waals surface area contributed by atoms with Crippen molar-refractivity contribution in [3.05, 3.63) is 58.6 Å². The predicted octanol–water partition coefficient (Wildman–Crippen LogP) is 5.74. The number of hydrogen-bond acceptors (Lipinski definition) is 4. The van der Waals surface area contributed by atoms with E-state index in [2.05, 4.69) is 11.0 Å². The lowest BCUT2D eigenvalue weighted by Crippen LogP contribution is -2.33. The van der Waals surface area contributed by atoms with Crippen LogP contribution in [0.5, 0.6) is 0 Å². The highest BCUT2D eigenvalue weighted by Gasteiger charge is 2.35. The van der Waals surface area contributed by atoms with Crippen molar-refractivity contribution >= 4 is 34.9 Å². The predicted molar refractivity (Wildman–Crippen MR) is 133 cm³/mol. The number of esters is 1. The van der Waals surface area contributed by atoms with E-state index in [0.29, 0.717) is 30.2 Å². The Balaban J connectivity index is 1.51. The normalized spacial score (nSPS) is 19.8. The van der Waals surface area contributed by atoms with E-state index in [9.17, 15) is 9.59 Å². The molecule has 2 unspecified atom stereocenters. The number of carbonyl (C=O) groups is 2. The zero-order valence-electron chi connectivity index (χ0n) is 19.6. The first kappa shape index (κ1) is 23.6. The molecule has 0 bridgehead atoms. The van der Waals surface area contributed by atoms with Crippen molar-refractivity contribution in [1.82, 2.24) is 0 Å². The van der Waals surface area contributed by atoms with Crippen molar-refractivity contribution in [3.63, 3.8) is 0 Å². The Morgan fingerprint density at radius 1 is 1.06 bits per heavy atom. The molecule has 33 heavy (non-hydrogen) atoms. The van der Waals surface area contributed by atoms with Gasteiger partial charge in [0.25, 0.3) is 0 Å². The minimum atomic E-state index is -0.316. The van der Waals surface area contributed by atoms with Crippen LogP contribution in [0.4, 0.5) is 11.4 Å². The maximum absolute atomic E-state index is 12.7. The Morgan fingerprint density at radius 3 is 2.33 bits per heavy atom. The summed E-state index contributed by atoms with van der Waals surface area (Å²) in [7, 11) is 0. The van der Waals surface area contributed by atoms with Crippen LogP contribution in [-0.2, 0) is 16.0 Å². The van der Waals surface area contributed by atoms with Crippen LogP contribution in [0, 0.1) is 11.8 Å². The summed E-state index contributed by atoms with van der Waals surface area (Å²) in [5.41, 5.74) is 3.58. The third-order valence-electron chi connectivity index (χ3n) is 7.01. The Morgan fingerprint density at radius 2 is 1.73 bits per heavy atom. The molecule has 2 atom stereocenters. The number of amides is 1. The fraction of sp³-hybridized carbons (Fsp3) is 0.481. The molecule has 1 amide bonds. The van der Waals surface area contributed by atoms with Crippen molar-refractivity contribution in [2.24, 2.45) is 11.8 Å². The second kappa shape index (κ2) is 10.6. The highest BCUT2D eigenvalue weighted by Crippen LogP contribution is 2.41. The van der Waals surface area contributed by atoms with Gasteiger partial charge in [-0.2, -0.15) is 0 Å². The third-order valence-corrected chi connectivity index (χ3v) is 7.25. The molecule has 0 radical (unpaired) electrons. The molecule has 2 fully saturated rings. The summed E-state index contributed by atoms with van der Waals surface area (Å²) in [5.74, 6) is 1.19. The molecular formula is C27H33ClN2O3. The van der Waals surface area contributed by atoms with Gasteiger partial charge in [-0.15, -0.1) is 0 Å². The highest BCUT2D eigenvalue weighted by molar-refractivity contribution is 6.31. The average molecular weight is 469 g/mol. The van der Waals surface area contributed by atoms with Crippen molar-refractivity contribution in [2.75, 3.05) is 36.0 Å². The first-order chi connectivity index (χ1) is 16.0. The number of carbonyl (C=O) groups excluding carboxylic acids is 2. The fourth-order valence-electron chi connectivity index (χ4n) is 5.29. The van der Waals surface area contributed by atoms with Crippen LogP contribution in [-0.4, -0.2) is 38.1 Å². The van der Waals surface area contributed by atoms with Crippen molar-refractivity contribution < 1.29 is 14.3 Å². The molecule has 0 spiro atoms. The molecule has 1 heterocycles. The van der Waals surface area contributed by atoms with Gasteiger partial charge in [0.05, 0.1) is 23.5 Å². The number of nitrogens with zero attached hydrogens (tertiary/aromatic N) is 2. The van der Waals surface area contributed by atoms with Gasteiger partial charge >= 0.3 is 5.97 Å². The standard InChI is InChI=1S/C27H33ClN2O3/c1-3-33-27(32)21-10-8-20(9-11-21)14-15-30(19(2)31)26-16-24(28)12-13-25(26)29-17-22-6-4-5-7-23(22)18-29/h8-13,16,22-23H,3-7,14-15,17-18H2,1-2H3. The summed E-state index contributed by atoms with van der Waals surface area (Å²) in [6.07, 6.45) is 5.96. The number of anilines is 2. The molecule has 0 N–H and O–H groups in total. The third kappa shape index (κ3) is 5.52. The first-order valence-corrected chi connectivity index (χ1v) is 12.4. The topological polar surface area (TPSA) is 49.9 Å². The summed E-state index contributed by atoms with van der Waals surface area (Å²) in [6.45, 7) is 6.42. The maximum Gasteiger partial charge on any atom is 0.338 e. The van der Waals surface area contributed by atoms with Crippen molar-refractivity contribution in [1.29, 1.82) is 0 Å². The van der Waals surface area contributed by atoms with E-state index in [-0.39, 0.29) is 11.9 Å². The van der Waals surface area contributed by atoms with E-state index in [1.165, 1.54) is 25.7 Å². The van der Waals surface area contributed by atoms with E-state index in [1.54, 1.807) is 26.0 Å². The second-order valence-corrected chi connectivity index (χ2v) is 9.62. The quantitative estimate of drug-likeness (QED) is 0.486. The van der Waals surface area contributed by atoms with Gasteiger partial charge in [-0.3, -0.25) is 4.79 Å². The van der Waals surface area contributed by atoms with Crippen molar-refractivity contribution in [3.8, 4) is 0 Å². The lowest BCUT2D eigenvalue weighted by molar-refractivity contribution is -0.116. The Bertz CT molecular complexity index is 977. The number of ether oxygens (including phenoxy) is 1. The Hall–Kier alpha value is -2.53. The summed E-state index contributed by atoms with van der Waals surface area (Å²) >= 11 is 6.38. The minimum Gasteiger partial charge on any atom is -0.462 e. The summed E-state index contributed by atoms with van der Waals surface area (Å²) < 4.78 is 5.05. The highest BCUT2D eigenvalue weighted by atomic mass is 35.5. The molecule has 2 aliphatic rings. The second-order valence-electron chi connectivity index (χ2n) is 9.18. The molecule has 6 heteroatoms. The van der Waals surface area contributed by atoms with Crippen molar-refractivity contribution in [2.45, 2.75) is 46.0 Å². The molecule has 1 aliphatic carbocycles. The number of fused-ring (bicyclic) bond motifs is 1. The van der Waals surface area contributed by atoms with Crippen LogP contribution >= 0.6 is 11.6 Å². The lowest BCUT2D eigenvalue weighted by atomic mass is 9.82. The smallest absolute Gasteiger partial charge is 0.338 e. The molecule has 1 saturated heterocycles. The first-order valence-electron chi connectivity index (χ1n) is 12.0. The van der Waals surface area contributed by atoms with E-state index >= 15 is 0 Å². The van der Waals surface area contributed by atoms with Crippen LogP contribution < -0.4 is 9.80 Å². The van der Waals surface area contributed by atoms with Crippen LogP contribution in [0.25, 0.3) is 0 Å². The van der Waals surface area contributed by atoms with Crippen LogP contribution in [0.15, 0.2) is 42.5 Å². The van der Waals surface area contributed by atoms with Gasteiger partial charge in [-0.1, -0.05) is 36.6 Å². The van der Waals surface area contributed by atoms with Gasteiger partial charge in [0.15, 0.2) is 0 Å². The molecule has 5 nitrogen and oxygen atoms in total. The van der Waals surface area contributed by atoms with Crippen LogP contribution in [0.3, 0.4) is 0 Å². The van der Waals surface area contributed by atoms with Gasteiger partial charge in [0, 0.05) is 31.6 Å². The van der Waals surface area contributed by atoms with E-state index in [4.69, 9.17) is 16.3 Å². The summed E-state index contributed by atoms with van der Waals surface area (Å²) in [6, 6.07) is 13.3. The average Bonchev–Trinajstić information content (AvgIpc) is 3.24. The molecule has 176 valence electrons. The van der Waals surface area contributed by atoms with Gasteiger partial charge < -0.3 is 14.5 Å². The monoisotopic (exact) mass is 468 g/mol. The Labute approximate surface area is 201 Å². The van der Waals surface area contributed by atoms with Crippen LogP contribution in [0.2, 0.25) is 5.02 Å². The summed E-state index contributed by atoms with van der Waals surface area (Å²) in [4.78, 5) is 28.9. The Kier molecular flexibility index (Phi) is 7.59. The largest absolute Gasteiger partial charge is 0.462 e. The molecule has 4 rings (SSSR count). The molecule has 2 aromatic rings. The van der Waals surface area contributed by atoms with Gasteiger partial charge in [-0.25, -0.2) is 4.79 Å². The molecule has 1 aliphatic heterocycles. The van der Waals surface area contributed by atoms with Gasteiger partial charge in [0.1, 0.15) is 0 Å². The number of benzene rings is 2. The lowest BCUT2D eigenvalue weighted by Gasteiger charge is -2.29. The minimum absolute atomic E-state index is 0.00160. The molecule has 0 aromatic heterocycles. The SMILES string of the molecule is CCOC(=O)c1ccc(CCN(C(C)=O)c2cc(Cl)ccc2N2CC3CCCCC3C2)cc1. The number of rotatable bonds is 7. The fourth-order valence-corrected chi connectivity index (χ4v) is 5.46. The maximum atomic E-state index is 12.7. The molecule has 1 saturated carbocycles. The molecule has 2 aromatic carbocycles. The zero-order chi connectivity index (χ0) is 23.4. The van der Waals surface area contributed by atoms with E-state index in [1.807, 2.05) is 29.2 Å². The summed E-state index contributed by atoms with van der Waals surface area (Å²) in [5, 5.41) is 0.635. The van der Waals surface area contributed by atoms with Gasteiger partial charge in [0.2, 0.25) is 5.91 Å². The van der Waals surface area contributed by atoms with Crippen LogP contribution in [0.1, 0.15) is 55.5 Å². The number of hydrogen-bond donors (Lipinski definition) is 0. The zero-order valence-corrected chi connectivity index (χ0v) is 20.3. The van der Waals surface area contributed by atoms with E-state index in [0.717, 1.165) is 41.9 Å². The number of halogens is 1.